The van der Waals surface area contributed by atoms with Crippen molar-refractivity contribution < 1.29 is 0 Å². The lowest BCUT2D eigenvalue weighted by Crippen LogP contribution is -2.65. The lowest BCUT2D eigenvalue weighted by molar-refractivity contribution is 0.0664. The van der Waals surface area contributed by atoms with Gasteiger partial charge in [0.25, 0.3) is 0 Å². The molecule has 0 aromatic heterocycles. The van der Waals surface area contributed by atoms with Crippen molar-refractivity contribution in [2.45, 2.75) is 25.8 Å². The molecule has 0 amide bonds. The second-order valence-electron chi connectivity index (χ2n) is 5.31. The first-order valence-corrected chi connectivity index (χ1v) is 5.75. The molecular formula is C13H18N2. The smallest absolute Gasteiger partial charge is 0.0396 e. The van der Waals surface area contributed by atoms with Crippen molar-refractivity contribution in [1.29, 1.82) is 0 Å². The van der Waals surface area contributed by atoms with Gasteiger partial charge in [-0.1, -0.05) is 18.2 Å². The van der Waals surface area contributed by atoms with Crippen LogP contribution in [0.25, 0.3) is 0 Å². The number of nitrogens with two attached hydrogens (primary N) is 1. The fourth-order valence-electron chi connectivity index (χ4n) is 3.16. The number of rotatable bonds is 1. The summed E-state index contributed by atoms with van der Waals surface area (Å²) < 4.78 is 0. The van der Waals surface area contributed by atoms with Gasteiger partial charge in [-0.15, -0.1) is 0 Å². The van der Waals surface area contributed by atoms with Gasteiger partial charge in [0, 0.05) is 30.2 Å². The van der Waals surface area contributed by atoms with Gasteiger partial charge in [0.15, 0.2) is 0 Å². The third kappa shape index (κ3) is 1.36. The maximum Gasteiger partial charge on any atom is 0.0396 e. The Morgan fingerprint density at radius 1 is 1.27 bits per heavy atom. The second kappa shape index (κ2) is 2.99. The van der Waals surface area contributed by atoms with Crippen LogP contribution in [0.15, 0.2) is 24.3 Å². The van der Waals surface area contributed by atoms with Crippen LogP contribution >= 0.6 is 0 Å². The van der Waals surface area contributed by atoms with Gasteiger partial charge in [-0.05, 0) is 31.4 Å². The van der Waals surface area contributed by atoms with Crippen LogP contribution in [0.2, 0.25) is 0 Å². The quantitative estimate of drug-likeness (QED) is 0.754. The molecule has 1 saturated heterocycles. The molecule has 3 rings (SSSR count). The van der Waals surface area contributed by atoms with Gasteiger partial charge in [0.2, 0.25) is 0 Å². The van der Waals surface area contributed by atoms with E-state index in [0.29, 0.717) is 11.5 Å². The van der Waals surface area contributed by atoms with Crippen LogP contribution in [0.1, 0.15) is 18.4 Å². The summed E-state index contributed by atoms with van der Waals surface area (Å²) in [6, 6.07) is 9.12. The number of hydrogen-bond donors (Lipinski definition) is 1. The summed E-state index contributed by atoms with van der Waals surface area (Å²) >= 11 is 0. The van der Waals surface area contributed by atoms with Gasteiger partial charge < -0.3 is 10.6 Å². The van der Waals surface area contributed by atoms with Gasteiger partial charge >= 0.3 is 0 Å². The van der Waals surface area contributed by atoms with Gasteiger partial charge in [-0.2, -0.15) is 0 Å². The van der Waals surface area contributed by atoms with Crippen molar-refractivity contribution in [1.82, 2.24) is 0 Å². The Balaban J connectivity index is 1.70. The number of para-hydroxylation sites is 1. The van der Waals surface area contributed by atoms with E-state index in [9.17, 15) is 0 Å². The van der Waals surface area contributed by atoms with E-state index in [1.54, 1.807) is 0 Å². The zero-order chi connectivity index (χ0) is 10.5. The predicted molar refractivity (Wildman–Crippen MR) is 63.0 cm³/mol. The highest BCUT2D eigenvalue weighted by molar-refractivity contribution is 5.56. The van der Waals surface area contributed by atoms with Crippen molar-refractivity contribution in [2.75, 3.05) is 18.0 Å². The highest BCUT2D eigenvalue weighted by Gasteiger charge is 2.51. The third-order valence-electron chi connectivity index (χ3n) is 3.90. The average molecular weight is 202 g/mol. The molecule has 1 aliphatic carbocycles. The minimum absolute atomic E-state index is 0.476. The van der Waals surface area contributed by atoms with Crippen molar-refractivity contribution >= 4 is 5.69 Å². The van der Waals surface area contributed by atoms with E-state index < -0.39 is 0 Å². The molecule has 1 aliphatic heterocycles. The third-order valence-corrected chi connectivity index (χ3v) is 3.90. The Labute approximate surface area is 91.1 Å². The molecule has 15 heavy (non-hydrogen) atoms. The Hall–Kier alpha value is -1.02. The molecule has 0 atom stereocenters. The lowest BCUT2D eigenvalue weighted by atomic mass is 9.61. The summed E-state index contributed by atoms with van der Waals surface area (Å²) in [6.45, 7) is 4.62. The average Bonchev–Trinajstić information content (AvgIpc) is 2.10. The Morgan fingerprint density at radius 3 is 2.53 bits per heavy atom. The first-order chi connectivity index (χ1) is 7.19. The number of benzene rings is 1. The molecule has 2 nitrogen and oxygen atoms in total. The molecule has 2 aliphatic rings. The molecule has 2 heteroatoms. The summed E-state index contributed by atoms with van der Waals surface area (Å²) in [6.07, 6.45) is 2.46. The molecule has 1 aromatic rings. The van der Waals surface area contributed by atoms with Crippen molar-refractivity contribution in [3.05, 3.63) is 29.8 Å². The van der Waals surface area contributed by atoms with E-state index in [1.807, 2.05) is 0 Å². The zero-order valence-corrected chi connectivity index (χ0v) is 9.24. The lowest BCUT2D eigenvalue weighted by Gasteiger charge is -2.59. The van der Waals surface area contributed by atoms with E-state index in [0.717, 1.165) is 0 Å². The van der Waals surface area contributed by atoms with E-state index in [1.165, 1.54) is 37.2 Å². The summed E-state index contributed by atoms with van der Waals surface area (Å²) in [7, 11) is 0. The van der Waals surface area contributed by atoms with E-state index in [-0.39, 0.29) is 0 Å². The van der Waals surface area contributed by atoms with Crippen molar-refractivity contribution in [3.8, 4) is 0 Å². The topological polar surface area (TPSA) is 29.3 Å². The van der Waals surface area contributed by atoms with E-state index in [2.05, 4.69) is 36.1 Å². The molecule has 1 spiro atoms. The fourth-order valence-corrected chi connectivity index (χ4v) is 3.16. The van der Waals surface area contributed by atoms with Crippen LogP contribution in [0, 0.1) is 12.3 Å². The number of aryl methyl sites for hydroxylation is 1. The number of anilines is 1. The largest absolute Gasteiger partial charge is 0.370 e. The maximum atomic E-state index is 5.86. The molecule has 0 unspecified atom stereocenters. The van der Waals surface area contributed by atoms with Crippen LogP contribution in [-0.4, -0.2) is 19.1 Å². The number of nitrogens with zero attached hydrogens (tertiary/aromatic N) is 1. The zero-order valence-electron chi connectivity index (χ0n) is 9.24. The van der Waals surface area contributed by atoms with E-state index >= 15 is 0 Å². The molecular weight excluding hydrogens is 184 g/mol. The van der Waals surface area contributed by atoms with Gasteiger partial charge in [0.05, 0.1) is 0 Å². The standard InChI is InChI=1S/C13H18N2/c1-10-4-2-3-5-12(10)15-8-13(9-15)6-11(14)7-13/h2-5,11H,6-9,14H2,1H3. The van der Waals surface area contributed by atoms with Crippen LogP contribution < -0.4 is 10.6 Å². The van der Waals surface area contributed by atoms with Crippen molar-refractivity contribution in [3.63, 3.8) is 0 Å². The van der Waals surface area contributed by atoms with Crippen LogP contribution in [0.4, 0.5) is 5.69 Å². The molecule has 2 fully saturated rings. The van der Waals surface area contributed by atoms with Crippen molar-refractivity contribution in [2.24, 2.45) is 11.1 Å². The van der Waals surface area contributed by atoms with Gasteiger partial charge in [-0.3, -0.25) is 0 Å². The second-order valence-corrected chi connectivity index (χ2v) is 5.31. The monoisotopic (exact) mass is 202 g/mol. The first kappa shape index (κ1) is 9.22. The summed E-state index contributed by atoms with van der Waals surface area (Å²) in [4.78, 5) is 2.49. The summed E-state index contributed by atoms with van der Waals surface area (Å²) in [5, 5.41) is 0. The molecule has 1 saturated carbocycles. The van der Waals surface area contributed by atoms with Crippen LogP contribution in [-0.2, 0) is 0 Å². The van der Waals surface area contributed by atoms with E-state index in [4.69, 9.17) is 5.73 Å². The highest BCUT2D eigenvalue weighted by atomic mass is 15.2. The fraction of sp³-hybridized carbons (Fsp3) is 0.538. The molecule has 1 aromatic carbocycles. The summed E-state index contributed by atoms with van der Waals surface area (Å²) in [5.41, 5.74) is 9.24. The van der Waals surface area contributed by atoms with Crippen LogP contribution in [0.3, 0.4) is 0 Å². The number of hydrogen-bond acceptors (Lipinski definition) is 2. The normalized spacial score (nSPS) is 23.7. The minimum Gasteiger partial charge on any atom is -0.370 e. The highest BCUT2D eigenvalue weighted by Crippen LogP contribution is 2.49. The minimum atomic E-state index is 0.476. The maximum absolute atomic E-state index is 5.86. The Kier molecular flexibility index (Phi) is 1.84. The Morgan fingerprint density at radius 2 is 1.93 bits per heavy atom. The van der Waals surface area contributed by atoms with Crippen LogP contribution in [0.5, 0.6) is 0 Å². The molecule has 0 bridgehead atoms. The predicted octanol–water partition coefficient (Wildman–Crippen LogP) is 1.92. The SMILES string of the molecule is Cc1ccccc1N1CC2(CC(N)C2)C1. The molecule has 2 N–H and O–H groups in total. The van der Waals surface area contributed by atoms with Gasteiger partial charge in [0.1, 0.15) is 0 Å². The molecule has 80 valence electrons. The molecule has 0 radical (unpaired) electrons. The summed E-state index contributed by atoms with van der Waals surface area (Å²) in [5.74, 6) is 0. The van der Waals surface area contributed by atoms with Gasteiger partial charge in [-0.25, -0.2) is 0 Å². The molecule has 1 heterocycles. The Bertz CT molecular complexity index is 372. The first-order valence-electron chi connectivity index (χ1n) is 5.75.